The summed E-state index contributed by atoms with van der Waals surface area (Å²) in [6.45, 7) is 28.5. The summed E-state index contributed by atoms with van der Waals surface area (Å²) >= 11 is 0. The van der Waals surface area contributed by atoms with E-state index in [-0.39, 0.29) is 0 Å². The highest BCUT2D eigenvalue weighted by Crippen LogP contribution is 2.43. The van der Waals surface area contributed by atoms with Crippen molar-refractivity contribution in [3.63, 3.8) is 0 Å². The summed E-state index contributed by atoms with van der Waals surface area (Å²) in [5, 5.41) is 0. The topological polar surface area (TPSA) is 18.5 Å². The SMILES string of the molecule is CC(C)[Si](OC#CCCO[Si](C(C)C)(C(C)C)C(C)C)(C(C)C)C(C)C. The molecule has 0 unspecified atom stereocenters. The van der Waals surface area contributed by atoms with Gasteiger partial charge in [0.05, 0.1) is 6.11 Å². The molecule has 0 aliphatic carbocycles. The van der Waals surface area contributed by atoms with E-state index >= 15 is 0 Å². The van der Waals surface area contributed by atoms with Crippen LogP contribution in [0, 0.1) is 12.0 Å². The first-order valence-corrected chi connectivity index (χ1v) is 14.9. The fourth-order valence-corrected chi connectivity index (χ4v) is 15.7. The average Bonchev–Trinajstić information content (AvgIpc) is 2.47. The predicted molar refractivity (Wildman–Crippen MR) is 122 cm³/mol. The molecular formula is C22H46O2Si2. The summed E-state index contributed by atoms with van der Waals surface area (Å²) in [5.41, 5.74) is 3.56. The maximum atomic E-state index is 6.58. The van der Waals surface area contributed by atoms with Gasteiger partial charge in [-0.2, -0.15) is 0 Å². The molecule has 0 saturated carbocycles. The zero-order valence-electron chi connectivity index (χ0n) is 19.7. The Morgan fingerprint density at radius 1 is 0.577 bits per heavy atom. The average molecular weight is 399 g/mol. The van der Waals surface area contributed by atoms with E-state index in [0.29, 0.717) is 33.2 Å². The Kier molecular flexibility index (Phi) is 10.8. The van der Waals surface area contributed by atoms with Crippen molar-refractivity contribution in [2.24, 2.45) is 0 Å². The van der Waals surface area contributed by atoms with Crippen molar-refractivity contribution >= 4 is 16.6 Å². The zero-order valence-corrected chi connectivity index (χ0v) is 21.7. The quantitative estimate of drug-likeness (QED) is 0.213. The smallest absolute Gasteiger partial charge is 0.272 e. The van der Waals surface area contributed by atoms with Crippen LogP contribution in [0.4, 0.5) is 0 Å². The molecule has 0 rings (SSSR count). The molecule has 0 aliphatic rings. The van der Waals surface area contributed by atoms with Gasteiger partial charge in [0.15, 0.2) is 8.32 Å². The van der Waals surface area contributed by atoms with Crippen molar-refractivity contribution in [3.8, 4) is 12.0 Å². The van der Waals surface area contributed by atoms with Gasteiger partial charge in [0.2, 0.25) is 0 Å². The van der Waals surface area contributed by atoms with Crippen LogP contribution in [0.1, 0.15) is 89.5 Å². The van der Waals surface area contributed by atoms with E-state index in [4.69, 9.17) is 8.85 Å². The molecule has 0 fully saturated rings. The molecular weight excluding hydrogens is 352 g/mol. The van der Waals surface area contributed by atoms with E-state index in [2.05, 4.69) is 95.1 Å². The fourth-order valence-electron chi connectivity index (χ4n) is 5.31. The molecule has 0 aliphatic heterocycles. The minimum atomic E-state index is -1.88. The normalized spacial score (nSPS) is 13.3. The summed E-state index contributed by atoms with van der Waals surface area (Å²) in [4.78, 5) is 0. The molecule has 0 spiro atoms. The highest BCUT2D eigenvalue weighted by molar-refractivity contribution is 6.78. The van der Waals surface area contributed by atoms with Gasteiger partial charge < -0.3 is 8.85 Å². The molecule has 0 saturated heterocycles. The van der Waals surface area contributed by atoms with Crippen LogP contribution in [-0.4, -0.2) is 23.2 Å². The van der Waals surface area contributed by atoms with Crippen LogP contribution >= 0.6 is 0 Å². The Balaban J connectivity index is 4.99. The van der Waals surface area contributed by atoms with Gasteiger partial charge in [-0.25, -0.2) is 0 Å². The number of rotatable bonds is 10. The van der Waals surface area contributed by atoms with Crippen LogP contribution in [-0.2, 0) is 8.85 Å². The van der Waals surface area contributed by atoms with Crippen LogP contribution in [0.3, 0.4) is 0 Å². The van der Waals surface area contributed by atoms with Gasteiger partial charge in [0.25, 0.3) is 8.32 Å². The standard InChI is InChI=1S/C22H46O2Si2/c1-17(2)25(18(3)4,19(5)6)23-15-13-14-16-24-26(20(7)8,21(9)10)22(11)12/h17-22H,13,15H2,1-12H3. The molecule has 0 bridgehead atoms. The lowest BCUT2D eigenvalue weighted by Gasteiger charge is -2.42. The first kappa shape index (κ1) is 25.8. The van der Waals surface area contributed by atoms with E-state index in [0.717, 1.165) is 13.0 Å². The summed E-state index contributed by atoms with van der Waals surface area (Å²) in [6, 6.07) is 0. The van der Waals surface area contributed by atoms with Crippen molar-refractivity contribution in [1.29, 1.82) is 0 Å². The lowest BCUT2D eigenvalue weighted by molar-refractivity contribution is 0.285. The Morgan fingerprint density at radius 2 is 0.923 bits per heavy atom. The first-order chi connectivity index (χ1) is 11.9. The molecule has 2 nitrogen and oxygen atoms in total. The molecule has 0 atom stereocenters. The molecule has 0 amide bonds. The zero-order chi connectivity index (χ0) is 20.7. The van der Waals surface area contributed by atoms with Crippen LogP contribution in [0.15, 0.2) is 0 Å². The second-order valence-electron chi connectivity index (χ2n) is 9.61. The predicted octanol–water partition coefficient (Wildman–Crippen LogP) is 7.72. The highest BCUT2D eigenvalue weighted by Gasteiger charge is 2.47. The summed E-state index contributed by atoms with van der Waals surface area (Å²) in [6.07, 6.45) is 3.86. The van der Waals surface area contributed by atoms with Crippen molar-refractivity contribution in [2.45, 2.75) is 123 Å². The summed E-state index contributed by atoms with van der Waals surface area (Å²) < 4.78 is 12.9. The molecule has 0 heterocycles. The maximum Gasteiger partial charge on any atom is 0.272 e. The third-order valence-electron chi connectivity index (χ3n) is 6.29. The molecule has 0 aromatic carbocycles. The number of hydrogen-bond donors (Lipinski definition) is 0. The van der Waals surface area contributed by atoms with Gasteiger partial charge in [-0.05, 0) is 33.2 Å². The van der Waals surface area contributed by atoms with E-state index in [1.165, 1.54) is 0 Å². The lowest BCUT2D eigenvalue weighted by Crippen LogP contribution is -2.48. The number of hydrogen-bond acceptors (Lipinski definition) is 2. The lowest BCUT2D eigenvalue weighted by atomic mass is 10.5. The molecule has 26 heavy (non-hydrogen) atoms. The van der Waals surface area contributed by atoms with Crippen LogP contribution in [0.5, 0.6) is 0 Å². The molecule has 0 aromatic heterocycles. The van der Waals surface area contributed by atoms with Gasteiger partial charge in [0.1, 0.15) is 0 Å². The Hall–Kier alpha value is -0.246. The van der Waals surface area contributed by atoms with Crippen molar-refractivity contribution in [2.75, 3.05) is 6.61 Å². The second-order valence-corrected chi connectivity index (χ2v) is 20.4. The third kappa shape index (κ3) is 5.63. The Labute approximate surface area is 167 Å². The Bertz CT molecular complexity index is 413. The summed E-state index contributed by atoms with van der Waals surface area (Å²) in [5.74, 6) is 3.25. The van der Waals surface area contributed by atoms with E-state index < -0.39 is 16.6 Å². The van der Waals surface area contributed by atoms with Crippen molar-refractivity contribution < 1.29 is 8.85 Å². The van der Waals surface area contributed by atoms with E-state index in [9.17, 15) is 0 Å². The largest absolute Gasteiger partial charge is 0.500 e. The van der Waals surface area contributed by atoms with Crippen LogP contribution in [0.25, 0.3) is 0 Å². The molecule has 4 heteroatoms. The maximum absolute atomic E-state index is 6.58. The monoisotopic (exact) mass is 398 g/mol. The molecule has 0 radical (unpaired) electrons. The Morgan fingerprint density at radius 3 is 1.23 bits per heavy atom. The minimum Gasteiger partial charge on any atom is -0.500 e. The van der Waals surface area contributed by atoms with E-state index in [1.807, 2.05) is 0 Å². The summed E-state index contributed by atoms with van der Waals surface area (Å²) in [7, 11) is -3.66. The van der Waals surface area contributed by atoms with E-state index in [1.54, 1.807) is 0 Å². The van der Waals surface area contributed by atoms with Gasteiger partial charge >= 0.3 is 0 Å². The van der Waals surface area contributed by atoms with Gasteiger partial charge in [-0.15, -0.1) is 0 Å². The molecule has 0 N–H and O–H groups in total. The third-order valence-corrected chi connectivity index (χ3v) is 18.3. The fraction of sp³-hybridized carbons (Fsp3) is 0.909. The van der Waals surface area contributed by atoms with Crippen LogP contribution < -0.4 is 0 Å². The minimum absolute atomic E-state index is 0.566. The van der Waals surface area contributed by atoms with Crippen molar-refractivity contribution in [3.05, 3.63) is 0 Å². The first-order valence-electron chi connectivity index (χ1n) is 10.7. The van der Waals surface area contributed by atoms with Crippen molar-refractivity contribution in [1.82, 2.24) is 0 Å². The second kappa shape index (κ2) is 10.9. The van der Waals surface area contributed by atoms with Gasteiger partial charge in [-0.1, -0.05) is 89.0 Å². The highest BCUT2D eigenvalue weighted by atomic mass is 28.4. The molecule has 0 aromatic rings. The van der Waals surface area contributed by atoms with Gasteiger partial charge in [-0.3, -0.25) is 0 Å². The molecule has 154 valence electrons. The van der Waals surface area contributed by atoms with Crippen LogP contribution in [0.2, 0.25) is 33.2 Å². The van der Waals surface area contributed by atoms with Gasteiger partial charge in [0, 0.05) is 13.0 Å².